The van der Waals surface area contributed by atoms with Crippen LogP contribution in [0.4, 0.5) is 9.59 Å². The molecule has 0 aromatic carbocycles. The number of hydroxylamine groups is 2. The van der Waals surface area contributed by atoms with Crippen molar-refractivity contribution in [3.05, 3.63) is 0 Å². The van der Waals surface area contributed by atoms with Crippen molar-refractivity contribution in [3.63, 3.8) is 0 Å². The quantitative estimate of drug-likeness (QED) is 0.441. The van der Waals surface area contributed by atoms with Crippen LogP contribution in [0.25, 0.3) is 0 Å². The van der Waals surface area contributed by atoms with Gasteiger partial charge in [-0.2, -0.15) is 0 Å². The molecule has 6 heteroatoms. The molecular weight excluding hydrogens is 168 g/mol. The lowest BCUT2D eigenvalue weighted by Gasteiger charge is -2.10. The van der Waals surface area contributed by atoms with E-state index >= 15 is 0 Å². The lowest BCUT2D eigenvalue weighted by molar-refractivity contribution is -0.00547. The summed E-state index contributed by atoms with van der Waals surface area (Å²) in [5, 5.41) is 7.81. The standard InChI is InChI=1S/C5H10N2O3S/c1-6(2)4(8)11-5(9)7(3)10/h10H,1-3H3. The van der Waals surface area contributed by atoms with E-state index in [4.69, 9.17) is 5.21 Å². The average Bonchev–Trinajstić information content (AvgIpc) is 1.87. The van der Waals surface area contributed by atoms with E-state index in [1.807, 2.05) is 0 Å². The van der Waals surface area contributed by atoms with Gasteiger partial charge in [0.1, 0.15) is 0 Å². The highest BCUT2D eigenvalue weighted by molar-refractivity contribution is 8.25. The third-order valence-electron chi connectivity index (χ3n) is 0.804. The Balaban J connectivity index is 3.86. The number of hydrogen-bond acceptors (Lipinski definition) is 4. The van der Waals surface area contributed by atoms with Gasteiger partial charge in [-0.15, -0.1) is 0 Å². The molecule has 0 atom stereocenters. The molecule has 0 aliphatic rings. The number of amides is 2. The summed E-state index contributed by atoms with van der Waals surface area (Å²) < 4.78 is 0. The van der Waals surface area contributed by atoms with E-state index in [9.17, 15) is 9.59 Å². The number of rotatable bonds is 0. The predicted molar refractivity (Wildman–Crippen MR) is 41.6 cm³/mol. The molecule has 0 spiro atoms. The average molecular weight is 178 g/mol. The Morgan fingerprint density at radius 1 is 1.18 bits per heavy atom. The Bertz CT molecular complexity index is 151. The van der Waals surface area contributed by atoms with Gasteiger partial charge in [-0.05, 0) is 0 Å². The van der Waals surface area contributed by atoms with Crippen molar-refractivity contribution in [1.82, 2.24) is 9.96 Å². The maximum absolute atomic E-state index is 10.8. The minimum atomic E-state index is -0.691. The summed E-state index contributed by atoms with van der Waals surface area (Å²) >= 11 is 0.440. The summed E-state index contributed by atoms with van der Waals surface area (Å²) in [6.45, 7) is 0. The number of carbonyl (C=O) groups excluding carboxylic acids is 2. The van der Waals surface area contributed by atoms with Gasteiger partial charge in [0.25, 0.3) is 5.24 Å². The summed E-state index contributed by atoms with van der Waals surface area (Å²) in [5.41, 5.74) is 0. The first-order chi connectivity index (χ1) is 4.95. The Kier molecular flexibility index (Phi) is 3.91. The number of nitrogens with zero attached hydrogens (tertiary/aromatic N) is 2. The van der Waals surface area contributed by atoms with Gasteiger partial charge in [0.2, 0.25) is 0 Å². The van der Waals surface area contributed by atoms with E-state index in [0.29, 0.717) is 16.8 Å². The summed E-state index contributed by atoms with van der Waals surface area (Å²) in [6, 6.07) is 0. The highest BCUT2D eigenvalue weighted by Gasteiger charge is 2.14. The lowest BCUT2D eigenvalue weighted by Crippen LogP contribution is -2.24. The Morgan fingerprint density at radius 2 is 1.64 bits per heavy atom. The fourth-order valence-corrected chi connectivity index (χ4v) is 0.696. The molecule has 0 aliphatic carbocycles. The molecule has 64 valence electrons. The Labute approximate surface area is 68.9 Å². The molecule has 0 unspecified atom stereocenters. The van der Waals surface area contributed by atoms with E-state index in [2.05, 4.69) is 0 Å². The van der Waals surface area contributed by atoms with Gasteiger partial charge in [-0.1, -0.05) is 0 Å². The molecule has 11 heavy (non-hydrogen) atoms. The van der Waals surface area contributed by atoms with E-state index in [1.54, 1.807) is 0 Å². The van der Waals surface area contributed by atoms with Crippen molar-refractivity contribution < 1.29 is 14.8 Å². The van der Waals surface area contributed by atoms with E-state index in [-0.39, 0.29) is 0 Å². The fraction of sp³-hybridized carbons (Fsp3) is 0.600. The molecule has 0 rings (SSSR count). The van der Waals surface area contributed by atoms with Gasteiger partial charge in [0.15, 0.2) is 0 Å². The molecule has 0 radical (unpaired) electrons. The van der Waals surface area contributed by atoms with Crippen LogP contribution >= 0.6 is 11.8 Å². The zero-order chi connectivity index (χ0) is 9.02. The van der Waals surface area contributed by atoms with E-state index in [1.165, 1.54) is 19.0 Å². The van der Waals surface area contributed by atoms with Crippen LogP contribution in [0.15, 0.2) is 0 Å². The number of carbonyl (C=O) groups is 2. The minimum absolute atomic E-state index is 0.367. The van der Waals surface area contributed by atoms with Crippen LogP contribution in [-0.4, -0.2) is 46.8 Å². The molecule has 2 amide bonds. The largest absolute Gasteiger partial charge is 0.339 e. The SMILES string of the molecule is CN(C)C(=O)SC(=O)N(C)O. The third-order valence-corrected chi connectivity index (χ3v) is 1.78. The van der Waals surface area contributed by atoms with Gasteiger partial charge in [0, 0.05) is 32.9 Å². The molecule has 1 N–H and O–H groups in total. The second-order valence-electron chi connectivity index (χ2n) is 2.05. The third kappa shape index (κ3) is 3.84. The van der Waals surface area contributed by atoms with Crippen LogP contribution in [0.2, 0.25) is 0 Å². The molecule has 0 saturated carbocycles. The van der Waals surface area contributed by atoms with Crippen LogP contribution in [-0.2, 0) is 0 Å². The zero-order valence-electron chi connectivity index (χ0n) is 6.57. The first-order valence-electron chi connectivity index (χ1n) is 2.81. The lowest BCUT2D eigenvalue weighted by atomic mass is 11.0. The van der Waals surface area contributed by atoms with Crippen molar-refractivity contribution in [2.45, 2.75) is 0 Å². The summed E-state index contributed by atoms with van der Waals surface area (Å²) in [4.78, 5) is 22.7. The molecule has 0 heterocycles. The number of thioether (sulfide) groups is 1. The van der Waals surface area contributed by atoms with E-state index < -0.39 is 10.5 Å². The molecule has 0 saturated heterocycles. The summed E-state index contributed by atoms with van der Waals surface area (Å²) in [7, 11) is 4.22. The van der Waals surface area contributed by atoms with Crippen molar-refractivity contribution in [2.75, 3.05) is 21.1 Å². The second kappa shape index (κ2) is 4.20. The first kappa shape index (κ1) is 10.2. The fourth-order valence-electron chi connectivity index (χ4n) is 0.232. The first-order valence-corrected chi connectivity index (χ1v) is 3.62. The second-order valence-corrected chi connectivity index (χ2v) is 2.95. The minimum Gasteiger partial charge on any atom is -0.339 e. The van der Waals surface area contributed by atoms with Crippen LogP contribution in [0, 0.1) is 0 Å². The van der Waals surface area contributed by atoms with Crippen molar-refractivity contribution in [1.29, 1.82) is 0 Å². The van der Waals surface area contributed by atoms with E-state index in [0.717, 1.165) is 7.05 Å². The smallest absolute Gasteiger partial charge is 0.314 e. The zero-order valence-corrected chi connectivity index (χ0v) is 7.38. The summed E-state index contributed by atoms with van der Waals surface area (Å²) in [5.74, 6) is 0. The van der Waals surface area contributed by atoms with Gasteiger partial charge < -0.3 is 4.90 Å². The van der Waals surface area contributed by atoms with Crippen molar-refractivity contribution >= 4 is 22.2 Å². The molecule has 0 bridgehead atoms. The summed E-state index contributed by atoms with van der Waals surface area (Å²) in [6.07, 6.45) is 0. The maximum atomic E-state index is 10.8. The van der Waals surface area contributed by atoms with Crippen LogP contribution in [0.3, 0.4) is 0 Å². The maximum Gasteiger partial charge on any atom is 0.314 e. The normalized spacial score (nSPS) is 9.09. The van der Waals surface area contributed by atoms with Gasteiger partial charge >= 0.3 is 5.24 Å². The van der Waals surface area contributed by atoms with Gasteiger partial charge in [-0.3, -0.25) is 14.8 Å². The molecule has 0 fully saturated rings. The van der Waals surface area contributed by atoms with Gasteiger partial charge in [-0.25, -0.2) is 5.06 Å². The monoisotopic (exact) mass is 178 g/mol. The molecule has 0 aliphatic heterocycles. The molecular formula is C5H10N2O3S. The van der Waals surface area contributed by atoms with Crippen LogP contribution in [0.5, 0.6) is 0 Å². The number of hydrogen-bond donors (Lipinski definition) is 1. The predicted octanol–water partition coefficient (Wildman–Crippen LogP) is 0.842. The van der Waals surface area contributed by atoms with Crippen molar-refractivity contribution in [2.24, 2.45) is 0 Å². The Hall–Kier alpha value is -0.750. The van der Waals surface area contributed by atoms with Crippen LogP contribution < -0.4 is 0 Å². The Morgan fingerprint density at radius 3 is 1.91 bits per heavy atom. The molecule has 0 aromatic rings. The van der Waals surface area contributed by atoms with Crippen molar-refractivity contribution in [3.8, 4) is 0 Å². The topological polar surface area (TPSA) is 60.9 Å². The molecule has 0 aromatic heterocycles. The molecule has 5 nitrogen and oxygen atoms in total. The van der Waals surface area contributed by atoms with Crippen LogP contribution in [0.1, 0.15) is 0 Å². The van der Waals surface area contributed by atoms with Gasteiger partial charge in [0.05, 0.1) is 0 Å². The highest BCUT2D eigenvalue weighted by Crippen LogP contribution is 2.09. The highest BCUT2D eigenvalue weighted by atomic mass is 32.2.